The molecule has 0 aliphatic rings. The minimum Gasteiger partial charge on any atom is -0.360 e. The number of amides is 1. The number of carbonyl (C=O) groups excluding carboxylic acids is 1. The minimum atomic E-state index is -0.135. The van der Waals surface area contributed by atoms with Gasteiger partial charge in [-0.05, 0) is 24.5 Å². The van der Waals surface area contributed by atoms with Crippen LogP contribution in [-0.4, -0.2) is 28.4 Å². The molecule has 2 N–H and O–H groups in total. The Morgan fingerprint density at radius 2 is 2.04 bits per heavy atom. The molecule has 0 aliphatic heterocycles. The van der Waals surface area contributed by atoms with E-state index in [1.807, 2.05) is 31.2 Å². The summed E-state index contributed by atoms with van der Waals surface area (Å²) < 4.78 is 0.779. The summed E-state index contributed by atoms with van der Waals surface area (Å²) in [5.41, 5.74) is 0.911. The standard InChI is InChI=1S/C16H21ClN4OS2/c1-10(2)8-18-15-20-21-16(24-15)23-9-14(22)19-11(3)12-6-4-5-7-13(12)17/h4-7,10-11H,8-9H2,1-3H3,(H,18,20)(H,19,22). The molecule has 8 heteroatoms. The summed E-state index contributed by atoms with van der Waals surface area (Å²) in [5, 5.41) is 15.8. The second kappa shape index (κ2) is 9.25. The molecule has 0 bridgehead atoms. The van der Waals surface area contributed by atoms with Crippen molar-refractivity contribution in [2.24, 2.45) is 5.92 Å². The first-order valence-electron chi connectivity index (χ1n) is 7.69. The van der Waals surface area contributed by atoms with Crippen molar-refractivity contribution in [1.29, 1.82) is 0 Å². The van der Waals surface area contributed by atoms with E-state index in [-0.39, 0.29) is 11.9 Å². The van der Waals surface area contributed by atoms with Gasteiger partial charge >= 0.3 is 0 Å². The third kappa shape index (κ3) is 5.96. The Morgan fingerprint density at radius 1 is 1.29 bits per heavy atom. The van der Waals surface area contributed by atoms with Crippen LogP contribution >= 0.6 is 34.7 Å². The summed E-state index contributed by atoms with van der Waals surface area (Å²) in [7, 11) is 0. The molecule has 0 aliphatic carbocycles. The van der Waals surface area contributed by atoms with Crippen molar-refractivity contribution in [1.82, 2.24) is 15.5 Å². The first-order chi connectivity index (χ1) is 11.5. The molecular formula is C16H21ClN4OS2. The lowest BCUT2D eigenvalue weighted by Crippen LogP contribution is -2.28. The van der Waals surface area contributed by atoms with E-state index in [0.717, 1.165) is 21.6 Å². The highest BCUT2D eigenvalue weighted by molar-refractivity contribution is 8.01. The Kier molecular flexibility index (Phi) is 7.33. The predicted octanol–water partition coefficient (Wildman–Crippen LogP) is 4.23. The summed E-state index contributed by atoms with van der Waals surface area (Å²) in [5.74, 6) is 0.787. The number of nitrogens with one attached hydrogen (secondary N) is 2. The minimum absolute atomic E-state index is 0.0562. The van der Waals surface area contributed by atoms with Crippen molar-refractivity contribution in [3.05, 3.63) is 34.9 Å². The van der Waals surface area contributed by atoms with Gasteiger partial charge in [-0.15, -0.1) is 10.2 Å². The van der Waals surface area contributed by atoms with Crippen LogP contribution < -0.4 is 10.6 Å². The summed E-state index contributed by atoms with van der Waals surface area (Å²) in [6.45, 7) is 7.04. The zero-order chi connectivity index (χ0) is 17.5. The molecule has 1 aromatic heterocycles. The number of anilines is 1. The predicted molar refractivity (Wildman–Crippen MR) is 102 cm³/mol. The number of halogens is 1. The number of hydrogen-bond donors (Lipinski definition) is 2. The molecule has 0 spiro atoms. The third-order valence-electron chi connectivity index (χ3n) is 3.14. The van der Waals surface area contributed by atoms with Crippen molar-refractivity contribution in [3.63, 3.8) is 0 Å². The zero-order valence-electron chi connectivity index (χ0n) is 13.9. The normalized spacial score (nSPS) is 12.2. The van der Waals surface area contributed by atoms with Gasteiger partial charge in [-0.25, -0.2) is 0 Å². The molecule has 0 fully saturated rings. The Hall–Kier alpha value is -1.31. The van der Waals surface area contributed by atoms with E-state index in [0.29, 0.717) is 16.7 Å². The van der Waals surface area contributed by atoms with Crippen LogP contribution in [0.4, 0.5) is 5.13 Å². The van der Waals surface area contributed by atoms with E-state index in [4.69, 9.17) is 11.6 Å². The lowest BCUT2D eigenvalue weighted by Gasteiger charge is -2.15. The fraction of sp³-hybridized carbons (Fsp3) is 0.438. The molecular weight excluding hydrogens is 364 g/mol. The quantitative estimate of drug-likeness (QED) is 0.666. The number of nitrogens with zero attached hydrogens (tertiary/aromatic N) is 2. The molecule has 2 rings (SSSR count). The maximum Gasteiger partial charge on any atom is 0.230 e. The smallest absolute Gasteiger partial charge is 0.230 e. The highest BCUT2D eigenvalue weighted by Crippen LogP contribution is 2.26. The topological polar surface area (TPSA) is 66.9 Å². The number of aromatic nitrogens is 2. The van der Waals surface area contributed by atoms with Crippen molar-refractivity contribution in [3.8, 4) is 0 Å². The molecule has 24 heavy (non-hydrogen) atoms. The highest BCUT2D eigenvalue weighted by Gasteiger charge is 2.13. The second-order valence-electron chi connectivity index (χ2n) is 5.75. The summed E-state index contributed by atoms with van der Waals surface area (Å²) >= 11 is 9.00. The molecule has 0 radical (unpaired) electrons. The first-order valence-corrected chi connectivity index (χ1v) is 9.87. The number of hydrogen-bond acceptors (Lipinski definition) is 6. The maximum absolute atomic E-state index is 12.1. The molecule has 1 atom stereocenters. The monoisotopic (exact) mass is 384 g/mol. The van der Waals surface area contributed by atoms with Crippen LogP contribution in [0.15, 0.2) is 28.6 Å². The van der Waals surface area contributed by atoms with Gasteiger partial charge in [-0.3, -0.25) is 4.79 Å². The van der Waals surface area contributed by atoms with Gasteiger partial charge in [0.1, 0.15) is 0 Å². The zero-order valence-corrected chi connectivity index (χ0v) is 16.3. The van der Waals surface area contributed by atoms with Gasteiger partial charge in [0.15, 0.2) is 4.34 Å². The number of rotatable bonds is 8. The summed E-state index contributed by atoms with van der Waals surface area (Å²) in [6.07, 6.45) is 0. The average molecular weight is 385 g/mol. The van der Waals surface area contributed by atoms with E-state index in [9.17, 15) is 4.79 Å². The van der Waals surface area contributed by atoms with Gasteiger partial charge in [-0.1, -0.05) is 66.7 Å². The maximum atomic E-state index is 12.1. The van der Waals surface area contributed by atoms with Crippen LogP contribution in [-0.2, 0) is 4.79 Å². The average Bonchev–Trinajstić information content (AvgIpc) is 2.99. The summed E-state index contributed by atoms with van der Waals surface area (Å²) in [6, 6.07) is 7.38. The Bertz CT molecular complexity index is 678. The van der Waals surface area contributed by atoms with E-state index in [1.165, 1.54) is 23.1 Å². The van der Waals surface area contributed by atoms with Crippen molar-refractivity contribution in [2.75, 3.05) is 17.6 Å². The van der Waals surface area contributed by atoms with Gasteiger partial charge < -0.3 is 10.6 Å². The lowest BCUT2D eigenvalue weighted by atomic mass is 10.1. The van der Waals surface area contributed by atoms with E-state index >= 15 is 0 Å². The van der Waals surface area contributed by atoms with Crippen LogP contribution in [0, 0.1) is 5.92 Å². The van der Waals surface area contributed by atoms with Crippen molar-refractivity contribution in [2.45, 2.75) is 31.2 Å². The van der Waals surface area contributed by atoms with E-state index in [2.05, 4.69) is 34.7 Å². The second-order valence-corrected chi connectivity index (χ2v) is 8.35. The van der Waals surface area contributed by atoms with Gasteiger partial charge in [0.25, 0.3) is 0 Å². The van der Waals surface area contributed by atoms with Crippen LogP contribution in [0.5, 0.6) is 0 Å². The van der Waals surface area contributed by atoms with Crippen LogP contribution in [0.2, 0.25) is 5.02 Å². The lowest BCUT2D eigenvalue weighted by molar-refractivity contribution is -0.119. The molecule has 1 heterocycles. The SMILES string of the molecule is CC(C)CNc1nnc(SCC(=O)NC(C)c2ccccc2Cl)s1. The molecule has 2 aromatic rings. The van der Waals surface area contributed by atoms with Crippen LogP contribution in [0.3, 0.4) is 0 Å². The van der Waals surface area contributed by atoms with Crippen molar-refractivity contribution >= 4 is 45.7 Å². The first kappa shape index (κ1) is 19.0. The van der Waals surface area contributed by atoms with Crippen molar-refractivity contribution < 1.29 is 4.79 Å². The number of benzene rings is 1. The Balaban J connectivity index is 1.80. The molecule has 1 unspecified atom stereocenters. The third-order valence-corrected chi connectivity index (χ3v) is 5.50. The summed E-state index contributed by atoms with van der Waals surface area (Å²) in [4.78, 5) is 12.1. The van der Waals surface area contributed by atoms with E-state index < -0.39 is 0 Å². The Labute approximate surface area is 155 Å². The molecule has 1 amide bonds. The van der Waals surface area contributed by atoms with Gasteiger partial charge in [0.05, 0.1) is 11.8 Å². The van der Waals surface area contributed by atoms with Gasteiger partial charge in [0, 0.05) is 11.6 Å². The van der Waals surface area contributed by atoms with Crippen LogP contribution in [0.25, 0.3) is 0 Å². The Morgan fingerprint density at radius 3 is 2.75 bits per heavy atom. The highest BCUT2D eigenvalue weighted by atomic mass is 35.5. The number of carbonyl (C=O) groups is 1. The fourth-order valence-corrected chi connectivity index (χ4v) is 3.81. The molecule has 1 aromatic carbocycles. The van der Waals surface area contributed by atoms with E-state index in [1.54, 1.807) is 0 Å². The largest absolute Gasteiger partial charge is 0.360 e. The molecule has 0 saturated carbocycles. The number of thioether (sulfide) groups is 1. The van der Waals surface area contributed by atoms with Crippen LogP contribution in [0.1, 0.15) is 32.4 Å². The molecule has 0 saturated heterocycles. The van der Waals surface area contributed by atoms with Gasteiger partial charge in [0.2, 0.25) is 11.0 Å². The molecule has 5 nitrogen and oxygen atoms in total. The fourth-order valence-electron chi connectivity index (χ4n) is 1.95. The molecule has 130 valence electrons. The van der Waals surface area contributed by atoms with Gasteiger partial charge in [-0.2, -0.15) is 0 Å².